The molecular weight excluding hydrogens is 270 g/mol. The molecule has 2 atom stereocenters. The van der Waals surface area contributed by atoms with Gasteiger partial charge >= 0.3 is 5.97 Å². The Labute approximate surface area is 123 Å². The number of fused-ring (bicyclic) bond motifs is 1. The van der Waals surface area contributed by atoms with Crippen LogP contribution in [-0.4, -0.2) is 34.5 Å². The number of amides is 1. The highest BCUT2D eigenvalue weighted by atomic mass is 16.5. The zero-order chi connectivity index (χ0) is 15.0. The molecule has 1 fully saturated rings. The summed E-state index contributed by atoms with van der Waals surface area (Å²) in [6.45, 7) is 3.51. The van der Waals surface area contributed by atoms with Gasteiger partial charge in [0.05, 0.1) is 13.2 Å². The Balaban J connectivity index is 1.88. The Morgan fingerprint density at radius 3 is 2.81 bits per heavy atom. The standard InChI is InChI=1S/C16H19NO4/c1-10-3-2-6-17(14(10)16(19)20)15(18)11-4-5-12-8-21-9-13(12)7-11/h4-5,7,10,14H,2-3,6,8-9H2,1H3,(H,19,20). The largest absolute Gasteiger partial charge is 0.480 e. The number of hydrogen-bond donors (Lipinski definition) is 1. The molecular formula is C16H19NO4. The first kappa shape index (κ1) is 14.1. The van der Waals surface area contributed by atoms with Gasteiger partial charge in [-0.25, -0.2) is 4.79 Å². The summed E-state index contributed by atoms with van der Waals surface area (Å²) in [6.07, 6.45) is 1.70. The highest BCUT2D eigenvalue weighted by Gasteiger charge is 2.37. The van der Waals surface area contributed by atoms with Crippen LogP contribution in [0.5, 0.6) is 0 Å². The maximum atomic E-state index is 12.7. The molecule has 3 rings (SSSR count). The van der Waals surface area contributed by atoms with Crippen LogP contribution < -0.4 is 0 Å². The number of carboxylic acid groups (broad SMARTS) is 1. The fourth-order valence-corrected chi connectivity index (χ4v) is 3.26. The smallest absolute Gasteiger partial charge is 0.326 e. The second-order valence-corrected chi connectivity index (χ2v) is 5.88. The van der Waals surface area contributed by atoms with Crippen LogP contribution in [0.1, 0.15) is 41.3 Å². The Morgan fingerprint density at radius 1 is 1.29 bits per heavy atom. The SMILES string of the molecule is CC1CCCN(C(=O)c2ccc3c(c2)COC3)C1C(=O)O. The van der Waals surface area contributed by atoms with E-state index in [1.165, 1.54) is 4.90 Å². The average molecular weight is 289 g/mol. The van der Waals surface area contributed by atoms with Crippen molar-refractivity contribution in [3.63, 3.8) is 0 Å². The number of benzene rings is 1. The molecule has 21 heavy (non-hydrogen) atoms. The third-order valence-corrected chi connectivity index (χ3v) is 4.42. The maximum absolute atomic E-state index is 12.7. The highest BCUT2D eigenvalue weighted by Crippen LogP contribution is 2.27. The molecule has 2 heterocycles. The van der Waals surface area contributed by atoms with Crippen LogP contribution in [0.2, 0.25) is 0 Å². The lowest BCUT2D eigenvalue weighted by atomic mass is 9.90. The van der Waals surface area contributed by atoms with E-state index in [9.17, 15) is 14.7 Å². The van der Waals surface area contributed by atoms with E-state index in [-0.39, 0.29) is 11.8 Å². The molecule has 1 saturated heterocycles. The molecule has 1 N–H and O–H groups in total. The normalized spacial score (nSPS) is 24.7. The van der Waals surface area contributed by atoms with E-state index >= 15 is 0 Å². The van der Waals surface area contributed by atoms with Crippen molar-refractivity contribution >= 4 is 11.9 Å². The first-order chi connectivity index (χ1) is 10.1. The summed E-state index contributed by atoms with van der Waals surface area (Å²) in [5, 5.41) is 9.42. The quantitative estimate of drug-likeness (QED) is 0.904. The summed E-state index contributed by atoms with van der Waals surface area (Å²) in [5.74, 6) is -1.12. The van der Waals surface area contributed by atoms with Gasteiger partial charge in [-0.1, -0.05) is 13.0 Å². The maximum Gasteiger partial charge on any atom is 0.326 e. The molecule has 112 valence electrons. The lowest BCUT2D eigenvalue weighted by molar-refractivity contribution is -0.145. The van der Waals surface area contributed by atoms with E-state index in [1.807, 2.05) is 19.1 Å². The number of hydrogen-bond acceptors (Lipinski definition) is 3. The Morgan fingerprint density at radius 2 is 2.05 bits per heavy atom. The zero-order valence-electron chi connectivity index (χ0n) is 12.0. The Bertz CT molecular complexity index is 584. The molecule has 1 aromatic rings. The monoisotopic (exact) mass is 289 g/mol. The predicted molar refractivity (Wildman–Crippen MR) is 75.8 cm³/mol. The Hall–Kier alpha value is -1.88. The van der Waals surface area contributed by atoms with Crippen molar-refractivity contribution in [1.82, 2.24) is 4.90 Å². The second kappa shape index (κ2) is 5.48. The highest BCUT2D eigenvalue weighted by molar-refractivity contribution is 5.97. The number of rotatable bonds is 2. The van der Waals surface area contributed by atoms with Crippen LogP contribution in [-0.2, 0) is 22.7 Å². The lowest BCUT2D eigenvalue weighted by Gasteiger charge is -2.37. The van der Waals surface area contributed by atoms with Crippen LogP contribution in [0.25, 0.3) is 0 Å². The van der Waals surface area contributed by atoms with Gasteiger partial charge < -0.3 is 14.7 Å². The number of carboxylic acids is 1. The number of ether oxygens (including phenoxy) is 1. The molecule has 2 aliphatic heterocycles. The van der Waals surface area contributed by atoms with Gasteiger partial charge in [0.1, 0.15) is 6.04 Å². The molecule has 2 aliphatic rings. The summed E-state index contributed by atoms with van der Waals surface area (Å²) in [4.78, 5) is 25.7. The van der Waals surface area contributed by atoms with Crippen LogP contribution in [0.15, 0.2) is 18.2 Å². The first-order valence-electron chi connectivity index (χ1n) is 7.31. The molecule has 0 spiro atoms. The third kappa shape index (κ3) is 2.53. The van der Waals surface area contributed by atoms with Crippen LogP contribution >= 0.6 is 0 Å². The summed E-state index contributed by atoms with van der Waals surface area (Å²) >= 11 is 0. The van der Waals surface area contributed by atoms with E-state index in [1.54, 1.807) is 6.07 Å². The van der Waals surface area contributed by atoms with Crippen molar-refractivity contribution in [2.45, 2.75) is 39.0 Å². The van der Waals surface area contributed by atoms with Crippen molar-refractivity contribution in [2.24, 2.45) is 5.92 Å². The minimum absolute atomic E-state index is 0.0158. The third-order valence-electron chi connectivity index (χ3n) is 4.42. The first-order valence-corrected chi connectivity index (χ1v) is 7.31. The molecule has 1 amide bonds. The zero-order valence-corrected chi connectivity index (χ0v) is 12.0. The van der Waals surface area contributed by atoms with Crippen LogP contribution in [0, 0.1) is 5.92 Å². The van der Waals surface area contributed by atoms with E-state index < -0.39 is 12.0 Å². The number of piperidine rings is 1. The number of aliphatic carboxylic acids is 1. The van der Waals surface area contributed by atoms with Crippen LogP contribution in [0.3, 0.4) is 0 Å². The minimum atomic E-state index is -0.917. The van der Waals surface area contributed by atoms with Gasteiger partial charge in [-0.05, 0) is 42.0 Å². The minimum Gasteiger partial charge on any atom is -0.480 e. The number of carbonyl (C=O) groups excluding carboxylic acids is 1. The van der Waals surface area contributed by atoms with E-state index in [0.717, 1.165) is 24.0 Å². The summed E-state index contributed by atoms with van der Waals surface area (Å²) in [5.41, 5.74) is 2.69. The molecule has 0 radical (unpaired) electrons. The number of likely N-dealkylation sites (tertiary alicyclic amines) is 1. The summed E-state index contributed by atoms with van der Waals surface area (Å²) in [7, 11) is 0. The van der Waals surface area contributed by atoms with Crippen molar-refractivity contribution < 1.29 is 19.4 Å². The molecule has 0 aromatic heterocycles. The average Bonchev–Trinajstić information content (AvgIpc) is 2.93. The van der Waals surface area contributed by atoms with Crippen molar-refractivity contribution in [1.29, 1.82) is 0 Å². The fourth-order valence-electron chi connectivity index (χ4n) is 3.26. The van der Waals surface area contributed by atoms with Gasteiger partial charge in [0, 0.05) is 12.1 Å². The van der Waals surface area contributed by atoms with Gasteiger partial charge in [-0.2, -0.15) is 0 Å². The molecule has 0 saturated carbocycles. The van der Waals surface area contributed by atoms with Crippen molar-refractivity contribution in [2.75, 3.05) is 6.54 Å². The van der Waals surface area contributed by atoms with Gasteiger partial charge in [-0.15, -0.1) is 0 Å². The van der Waals surface area contributed by atoms with Crippen molar-refractivity contribution in [3.05, 3.63) is 34.9 Å². The second-order valence-electron chi connectivity index (χ2n) is 5.88. The molecule has 1 aromatic carbocycles. The molecule has 2 unspecified atom stereocenters. The van der Waals surface area contributed by atoms with Gasteiger partial charge in [0.15, 0.2) is 0 Å². The fraction of sp³-hybridized carbons (Fsp3) is 0.500. The Kier molecular flexibility index (Phi) is 3.68. The van der Waals surface area contributed by atoms with E-state index in [4.69, 9.17) is 4.74 Å². The lowest BCUT2D eigenvalue weighted by Crippen LogP contribution is -2.51. The molecule has 0 aliphatic carbocycles. The number of nitrogens with zero attached hydrogens (tertiary/aromatic N) is 1. The van der Waals surface area contributed by atoms with Gasteiger partial charge in [-0.3, -0.25) is 4.79 Å². The predicted octanol–water partition coefficient (Wildman–Crippen LogP) is 2.04. The van der Waals surface area contributed by atoms with E-state index in [2.05, 4.69) is 0 Å². The molecule has 5 heteroatoms. The molecule has 0 bridgehead atoms. The summed E-state index contributed by atoms with van der Waals surface area (Å²) < 4.78 is 5.35. The number of carbonyl (C=O) groups is 2. The van der Waals surface area contributed by atoms with Gasteiger partial charge in [0.2, 0.25) is 0 Å². The van der Waals surface area contributed by atoms with Gasteiger partial charge in [0.25, 0.3) is 5.91 Å². The summed E-state index contributed by atoms with van der Waals surface area (Å²) in [6, 6.07) is 4.78. The van der Waals surface area contributed by atoms with E-state index in [0.29, 0.717) is 25.3 Å². The van der Waals surface area contributed by atoms with Crippen LogP contribution in [0.4, 0.5) is 0 Å². The molecule has 5 nitrogen and oxygen atoms in total. The topological polar surface area (TPSA) is 66.8 Å². The van der Waals surface area contributed by atoms with Crippen molar-refractivity contribution in [3.8, 4) is 0 Å².